The molecule has 0 N–H and O–H groups in total. The molecule has 7 heteroatoms. The van der Waals surface area contributed by atoms with Crippen molar-refractivity contribution in [1.29, 1.82) is 0 Å². The van der Waals surface area contributed by atoms with E-state index in [1.54, 1.807) is 11.8 Å². The molecule has 0 heterocycles. The van der Waals surface area contributed by atoms with Crippen LogP contribution < -0.4 is 4.74 Å². The molecule has 0 aliphatic heterocycles. The molecule has 0 saturated heterocycles. The SMILES string of the molecule is CSCCCOc1ccc(F)cc1S(=O)(=O)Cl. The minimum Gasteiger partial charge on any atom is -0.492 e. The van der Waals surface area contributed by atoms with E-state index in [2.05, 4.69) is 0 Å². The van der Waals surface area contributed by atoms with Crippen LogP contribution in [0.25, 0.3) is 0 Å². The molecule has 0 radical (unpaired) electrons. The Hall–Kier alpha value is -0.460. The topological polar surface area (TPSA) is 43.4 Å². The van der Waals surface area contributed by atoms with Gasteiger partial charge in [0.15, 0.2) is 0 Å². The molecule has 17 heavy (non-hydrogen) atoms. The Morgan fingerprint density at radius 2 is 2.18 bits per heavy atom. The molecule has 0 unspecified atom stereocenters. The summed E-state index contributed by atoms with van der Waals surface area (Å²) >= 11 is 1.66. The van der Waals surface area contributed by atoms with Crippen molar-refractivity contribution in [3.05, 3.63) is 24.0 Å². The molecule has 0 aromatic heterocycles. The highest BCUT2D eigenvalue weighted by molar-refractivity contribution is 8.13. The summed E-state index contributed by atoms with van der Waals surface area (Å²) in [6.45, 7) is 0.367. The fraction of sp³-hybridized carbons (Fsp3) is 0.400. The van der Waals surface area contributed by atoms with Gasteiger partial charge in [-0.25, -0.2) is 12.8 Å². The van der Waals surface area contributed by atoms with Gasteiger partial charge in [0.05, 0.1) is 6.61 Å². The van der Waals surface area contributed by atoms with Crippen LogP contribution in [0.4, 0.5) is 4.39 Å². The van der Waals surface area contributed by atoms with Gasteiger partial charge < -0.3 is 4.74 Å². The molecule has 0 amide bonds. The van der Waals surface area contributed by atoms with Gasteiger partial charge in [-0.15, -0.1) is 0 Å². The van der Waals surface area contributed by atoms with Gasteiger partial charge in [0, 0.05) is 10.7 Å². The van der Waals surface area contributed by atoms with Crippen molar-refractivity contribution >= 4 is 31.5 Å². The van der Waals surface area contributed by atoms with Crippen LogP contribution >= 0.6 is 22.4 Å². The van der Waals surface area contributed by atoms with Gasteiger partial charge in [-0.1, -0.05) is 0 Å². The second-order valence-corrected chi connectivity index (χ2v) is 6.74. The van der Waals surface area contributed by atoms with E-state index in [0.29, 0.717) is 6.61 Å². The molecule has 0 atom stereocenters. The van der Waals surface area contributed by atoms with E-state index in [1.165, 1.54) is 6.07 Å². The number of hydrogen-bond donors (Lipinski definition) is 0. The number of ether oxygens (including phenoxy) is 1. The maximum atomic E-state index is 12.9. The maximum absolute atomic E-state index is 12.9. The van der Waals surface area contributed by atoms with Gasteiger partial charge in [0.25, 0.3) is 9.05 Å². The number of thioether (sulfide) groups is 1. The summed E-state index contributed by atoms with van der Waals surface area (Å²) in [5.41, 5.74) is 0. The summed E-state index contributed by atoms with van der Waals surface area (Å²) in [6.07, 6.45) is 2.74. The van der Waals surface area contributed by atoms with Gasteiger partial charge >= 0.3 is 0 Å². The lowest BCUT2D eigenvalue weighted by atomic mass is 10.3. The highest BCUT2D eigenvalue weighted by Gasteiger charge is 2.17. The van der Waals surface area contributed by atoms with Crippen LogP contribution in [0, 0.1) is 5.82 Å². The molecule has 1 aromatic rings. The summed E-state index contributed by atoms with van der Waals surface area (Å²) in [4.78, 5) is -0.330. The molecule has 3 nitrogen and oxygen atoms in total. The second-order valence-electron chi connectivity index (χ2n) is 3.22. The Bertz CT molecular complexity index is 476. The Labute approximate surface area is 109 Å². The van der Waals surface area contributed by atoms with E-state index in [0.717, 1.165) is 24.3 Å². The largest absolute Gasteiger partial charge is 0.492 e. The second kappa shape index (κ2) is 6.47. The molecule has 0 fully saturated rings. The van der Waals surface area contributed by atoms with Crippen molar-refractivity contribution < 1.29 is 17.5 Å². The predicted molar refractivity (Wildman–Crippen MR) is 67.9 cm³/mol. The fourth-order valence-corrected chi connectivity index (χ4v) is 2.57. The molecule has 0 bridgehead atoms. The van der Waals surface area contributed by atoms with E-state index in [-0.39, 0.29) is 10.6 Å². The zero-order valence-electron chi connectivity index (χ0n) is 9.15. The molecular weight excluding hydrogens is 287 g/mol. The molecule has 96 valence electrons. The third-order valence-electron chi connectivity index (χ3n) is 1.92. The summed E-state index contributed by atoms with van der Waals surface area (Å²) in [7, 11) is 1.20. The van der Waals surface area contributed by atoms with Crippen LogP contribution in [-0.2, 0) is 9.05 Å². The highest BCUT2D eigenvalue weighted by Crippen LogP contribution is 2.27. The molecule has 0 aliphatic carbocycles. The number of benzene rings is 1. The third kappa shape index (κ3) is 4.73. The van der Waals surface area contributed by atoms with E-state index < -0.39 is 14.9 Å². The Morgan fingerprint density at radius 1 is 1.47 bits per heavy atom. The molecular formula is C10H12ClFO3S2. The number of hydrogen-bond acceptors (Lipinski definition) is 4. The highest BCUT2D eigenvalue weighted by atomic mass is 35.7. The molecule has 0 spiro atoms. The smallest absolute Gasteiger partial charge is 0.265 e. The van der Waals surface area contributed by atoms with Crippen LogP contribution in [0.1, 0.15) is 6.42 Å². The van der Waals surface area contributed by atoms with E-state index in [9.17, 15) is 12.8 Å². The Morgan fingerprint density at radius 3 is 2.76 bits per heavy atom. The first-order valence-electron chi connectivity index (χ1n) is 4.81. The normalized spacial score (nSPS) is 11.5. The fourth-order valence-electron chi connectivity index (χ4n) is 1.18. The zero-order chi connectivity index (χ0) is 12.9. The quantitative estimate of drug-likeness (QED) is 0.598. The number of halogens is 2. The van der Waals surface area contributed by atoms with Crippen molar-refractivity contribution in [2.75, 3.05) is 18.6 Å². The lowest BCUT2D eigenvalue weighted by Crippen LogP contribution is -2.03. The molecule has 0 aliphatic rings. The minimum atomic E-state index is -4.00. The maximum Gasteiger partial charge on any atom is 0.265 e. The first-order chi connectivity index (χ1) is 7.95. The molecule has 1 aromatic carbocycles. The first-order valence-corrected chi connectivity index (χ1v) is 8.51. The van der Waals surface area contributed by atoms with Crippen molar-refractivity contribution in [3.8, 4) is 5.75 Å². The lowest BCUT2D eigenvalue weighted by Gasteiger charge is -2.09. The van der Waals surface area contributed by atoms with Crippen molar-refractivity contribution in [2.45, 2.75) is 11.3 Å². The van der Waals surface area contributed by atoms with Crippen LogP contribution in [0.15, 0.2) is 23.1 Å². The minimum absolute atomic E-state index is 0.0857. The molecule has 1 rings (SSSR count). The number of rotatable bonds is 6. The summed E-state index contributed by atoms with van der Waals surface area (Å²) in [6, 6.07) is 3.26. The van der Waals surface area contributed by atoms with E-state index in [1.807, 2.05) is 6.26 Å². The van der Waals surface area contributed by atoms with Crippen LogP contribution in [0.3, 0.4) is 0 Å². The monoisotopic (exact) mass is 298 g/mol. The van der Waals surface area contributed by atoms with E-state index >= 15 is 0 Å². The Balaban J connectivity index is 2.84. The summed E-state index contributed by atoms with van der Waals surface area (Å²) in [5, 5.41) is 0. The lowest BCUT2D eigenvalue weighted by molar-refractivity contribution is 0.310. The first kappa shape index (κ1) is 14.6. The van der Waals surface area contributed by atoms with Gasteiger partial charge in [0.2, 0.25) is 0 Å². The van der Waals surface area contributed by atoms with Crippen LogP contribution in [0.2, 0.25) is 0 Å². The van der Waals surface area contributed by atoms with Gasteiger partial charge in [-0.2, -0.15) is 11.8 Å². The van der Waals surface area contributed by atoms with Gasteiger partial charge in [-0.3, -0.25) is 0 Å². The van der Waals surface area contributed by atoms with Crippen LogP contribution in [-0.4, -0.2) is 27.0 Å². The van der Waals surface area contributed by atoms with Crippen molar-refractivity contribution in [2.24, 2.45) is 0 Å². The van der Waals surface area contributed by atoms with Gasteiger partial charge in [0.1, 0.15) is 16.5 Å². The zero-order valence-corrected chi connectivity index (χ0v) is 11.5. The standard InChI is InChI=1S/C10H12ClFO3S2/c1-16-6-2-5-15-9-4-3-8(12)7-10(9)17(11,13)14/h3-4,7H,2,5-6H2,1H3. The summed E-state index contributed by atoms with van der Waals surface area (Å²) in [5.74, 6) is 0.327. The predicted octanol–water partition coefficient (Wildman–Crippen LogP) is 2.89. The average Bonchev–Trinajstić information content (AvgIpc) is 2.25. The van der Waals surface area contributed by atoms with Crippen LogP contribution in [0.5, 0.6) is 5.75 Å². The molecule has 0 saturated carbocycles. The van der Waals surface area contributed by atoms with E-state index in [4.69, 9.17) is 15.4 Å². The summed E-state index contributed by atoms with van der Waals surface area (Å²) < 4.78 is 40.6. The Kier molecular flexibility index (Phi) is 5.55. The van der Waals surface area contributed by atoms with Gasteiger partial charge in [-0.05, 0) is 36.6 Å². The van der Waals surface area contributed by atoms with Crippen molar-refractivity contribution in [3.63, 3.8) is 0 Å². The van der Waals surface area contributed by atoms with Crippen molar-refractivity contribution in [1.82, 2.24) is 0 Å². The average molecular weight is 299 g/mol. The third-order valence-corrected chi connectivity index (χ3v) is 3.96.